The molecule has 0 bridgehead atoms. The number of aliphatic hydroxyl groups is 1. The Hall–Kier alpha value is -0.120. The molecule has 2 atom stereocenters. The Labute approximate surface area is 125 Å². The molecule has 0 aromatic carbocycles. The van der Waals surface area contributed by atoms with Crippen LogP contribution in [-0.2, 0) is 0 Å². The summed E-state index contributed by atoms with van der Waals surface area (Å²) in [7, 11) is 0. The number of hydrogen-bond acceptors (Lipinski definition) is 3. The summed E-state index contributed by atoms with van der Waals surface area (Å²) in [5.41, 5.74) is 0. The normalized spacial score (nSPS) is 26.6. The number of aliphatic hydroxyl groups excluding tert-OH is 1. The lowest BCUT2D eigenvalue weighted by atomic mass is 9.97. The van der Waals surface area contributed by atoms with Crippen LogP contribution in [0.4, 0.5) is 0 Å². The molecule has 2 aliphatic rings. The van der Waals surface area contributed by atoms with Gasteiger partial charge in [0.15, 0.2) is 0 Å². The first kappa shape index (κ1) is 16.3. The van der Waals surface area contributed by atoms with Gasteiger partial charge in [0.25, 0.3) is 0 Å². The van der Waals surface area contributed by atoms with Gasteiger partial charge in [-0.1, -0.05) is 25.7 Å². The summed E-state index contributed by atoms with van der Waals surface area (Å²) < 4.78 is 0. The molecule has 2 rings (SSSR count). The molecule has 1 heterocycles. The average molecular weight is 282 g/mol. The monoisotopic (exact) mass is 282 g/mol. The molecule has 0 amide bonds. The fourth-order valence-electron chi connectivity index (χ4n) is 3.88. The van der Waals surface area contributed by atoms with Crippen molar-refractivity contribution in [3.63, 3.8) is 0 Å². The topological polar surface area (TPSA) is 35.5 Å². The first-order valence-corrected chi connectivity index (χ1v) is 8.78. The summed E-state index contributed by atoms with van der Waals surface area (Å²) in [5, 5.41) is 13.9. The average Bonchev–Trinajstić information content (AvgIpc) is 2.92. The fraction of sp³-hybridized carbons (Fsp3) is 1.00. The summed E-state index contributed by atoms with van der Waals surface area (Å²) >= 11 is 0. The van der Waals surface area contributed by atoms with Gasteiger partial charge in [0, 0.05) is 19.1 Å². The molecule has 1 saturated carbocycles. The zero-order chi connectivity index (χ0) is 14.4. The first-order chi connectivity index (χ1) is 9.65. The van der Waals surface area contributed by atoms with Crippen molar-refractivity contribution in [2.24, 2.45) is 11.8 Å². The largest absolute Gasteiger partial charge is 0.392 e. The molecule has 1 aliphatic heterocycles. The Kier molecular flexibility index (Phi) is 6.79. The van der Waals surface area contributed by atoms with Crippen molar-refractivity contribution in [2.45, 2.75) is 70.9 Å². The van der Waals surface area contributed by atoms with E-state index in [-0.39, 0.29) is 6.10 Å². The predicted molar refractivity (Wildman–Crippen MR) is 84.9 cm³/mol. The number of nitrogens with zero attached hydrogens (tertiary/aromatic N) is 1. The van der Waals surface area contributed by atoms with Crippen molar-refractivity contribution in [3.05, 3.63) is 0 Å². The summed E-state index contributed by atoms with van der Waals surface area (Å²) in [6, 6.07) is 0.537. The van der Waals surface area contributed by atoms with Gasteiger partial charge < -0.3 is 10.4 Å². The zero-order valence-corrected chi connectivity index (χ0v) is 13.5. The summed E-state index contributed by atoms with van der Waals surface area (Å²) in [6.07, 6.45) is 8.97. The van der Waals surface area contributed by atoms with Gasteiger partial charge in [-0.3, -0.25) is 4.90 Å². The van der Waals surface area contributed by atoms with Gasteiger partial charge in [0.05, 0.1) is 6.10 Å². The second kappa shape index (κ2) is 8.35. The van der Waals surface area contributed by atoms with Gasteiger partial charge in [-0.25, -0.2) is 0 Å². The predicted octanol–water partition coefficient (Wildman–Crippen LogP) is 2.64. The number of nitrogens with one attached hydrogen (secondary N) is 1. The van der Waals surface area contributed by atoms with E-state index < -0.39 is 0 Å². The van der Waals surface area contributed by atoms with E-state index in [1.54, 1.807) is 0 Å². The lowest BCUT2D eigenvalue weighted by Gasteiger charge is -2.34. The lowest BCUT2D eigenvalue weighted by Crippen LogP contribution is -2.44. The lowest BCUT2D eigenvalue weighted by molar-refractivity contribution is 0.0655. The molecular weight excluding hydrogens is 248 g/mol. The van der Waals surface area contributed by atoms with E-state index in [2.05, 4.69) is 24.1 Å². The van der Waals surface area contributed by atoms with Crippen LogP contribution in [-0.4, -0.2) is 48.3 Å². The molecule has 0 aromatic heterocycles. The third-order valence-electron chi connectivity index (χ3n) is 5.15. The van der Waals surface area contributed by atoms with Crippen molar-refractivity contribution in [1.82, 2.24) is 10.2 Å². The molecule has 3 nitrogen and oxygen atoms in total. The highest BCUT2D eigenvalue weighted by Gasteiger charge is 2.23. The third kappa shape index (κ3) is 5.34. The van der Waals surface area contributed by atoms with Crippen LogP contribution >= 0.6 is 0 Å². The molecular formula is C17H34N2O. The maximum absolute atomic E-state index is 10.4. The minimum Gasteiger partial charge on any atom is -0.392 e. The molecule has 0 spiro atoms. The van der Waals surface area contributed by atoms with Gasteiger partial charge >= 0.3 is 0 Å². The Bertz CT molecular complexity index is 258. The molecule has 3 heteroatoms. The molecule has 1 aliphatic carbocycles. The second-order valence-electron chi connectivity index (χ2n) is 7.30. The molecule has 0 aromatic rings. The van der Waals surface area contributed by atoms with E-state index in [1.807, 2.05) is 0 Å². The van der Waals surface area contributed by atoms with Crippen LogP contribution in [0.25, 0.3) is 0 Å². The van der Waals surface area contributed by atoms with Crippen LogP contribution in [0.15, 0.2) is 0 Å². The molecule has 20 heavy (non-hydrogen) atoms. The van der Waals surface area contributed by atoms with E-state index in [0.29, 0.717) is 6.04 Å². The smallest absolute Gasteiger partial charge is 0.0669 e. The molecule has 2 unspecified atom stereocenters. The van der Waals surface area contributed by atoms with Crippen LogP contribution in [0.1, 0.15) is 58.8 Å². The third-order valence-corrected chi connectivity index (χ3v) is 5.15. The Morgan fingerprint density at radius 1 is 1.10 bits per heavy atom. The van der Waals surface area contributed by atoms with Crippen molar-refractivity contribution in [1.29, 1.82) is 0 Å². The summed E-state index contributed by atoms with van der Waals surface area (Å²) in [6.45, 7) is 8.87. The zero-order valence-electron chi connectivity index (χ0n) is 13.5. The quantitative estimate of drug-likeness (QED) is 0.753. The summed E-state index contributed by atoms with van der Waals surface area (Å²) in [4.78, 5) is 2.50. The van der Waals surface area contributed by atoms with Crippen LogP contribution < -0.4 is 5.32 Å². The SMILES string of the molecule is CC(C)N(CC(O)CC1CCCC1)CC1CCCNC1. The van der Waals surface area contributed by atoms with E-state index in [9.17, 15) is 5.11 Å². The standard InChI is InChI=1S/C17H34N2O/c1-14(2)19(12-16-8-5-9-18-11-16)13-17(20)10-15-6-3-4-7-15/h14-18,20H,3-13H2,1-2H3. The number of rotatable bonds is 7. The van der Waals surface area contributed by atoms with E-state index >= 15 is 0 Å². The van der Waals surface area contributed by atoms with Gasteiger partial charge in [-0.05, 0) is 58.0 Å². The van der Waals surface area contributed by atoms with Gasteiger partial charge in [-0.15, -0.1) is 0 Å². The minimum atomic E-state index is -0.128. The second-order valence-corrected chi connectivity index (χ2v) is 7.30. The van der Waals surface area contributed by atoms with Crippen LogP contribution in [0.3, 0.4) is 0 Å². The molecule has 2 N–H and O–H groups in total. The fourth-order valence-corrected chi connectivity index (χ4v) is 3.88. The molecule has 118 valence electrons. The molecule has 2 fully saturated rings. The molecule has 1 saturated heterocycles. The maximum atomic E-state index is 10.4. The minimum absolute atomic E-state index is 0.128. The van der Waals surface area contributed by atoms with Gasteiger partial charge in [0.2, 0.25) is 0 Å². The van der Waals surface area contributed by atoms with E-state index in [4.69, 9.17) is 0 Å². The van der Waals surface area contributed by atoms with E-state index in [0.717, 1.165) is 37.9 Å². The molecule has 0 radical (unpaired) electrons. The highest BCUT2D eigenvalue weighted by atomic mass is 16.3. The van der Waals surface area contributed by atoms with Crippen LogP contribution in [0.5, 0.6) is 0 Å². The Morgan fingerprint density at radius 3 is 2.40 bits per heavy atom. The van der Waals surface area contributed by atoms with Gasteiger partial charge in [0.1, 0.15) is 0 Å². The van der Waals surface area contributed by atoms with Gasteiger partial charge in [-0.2, -0.15) is 0 Å². The van der Waals surface area contributed by atoms with Crippen molar-refractivity contribution >= 4 is 0 Å². The van der Waals surface area contributed by atoms with Crippen LogP contribution in [0, 0.1) is 11.8 Å². The van der Waals surface area contributed by atoms with Crippen LogP contribution in [0.2, 0.25) is 0 Å². The summed E-state index contributed by atoms with van der Waals surface area (Å²) in [5.74, 6) is 1.56. The highest BCUT2D eigenvalue weighted by Crippen LogP contribution is 2.29. The first-order valence-electron chi connectivity index (χ1n) is 8.78. The Balaban J connectivity index is 1.75. The van der Waals surface area contributed by atoms with Crippen molar-refractivity contribution in [2.75, 3.05) is 26.2 Å². The maximum Gasteiger partial charge on any atom is 0.0669 e. The van der Waals surface area contributed by atoms with E-state index in [1.165, 1.54) is 45.1 Å². The number of piperidine rings is 1. The number of hydrogen-bond donors (Lipinski definition) is 2. The highest BCUT2D eigenvalue weighted by molar-refractivity contribution is 4.78. The van der Waals surface area contributed by atoms with Crippen molar-refractivity contribution < 1.29 is 5.11 Å². The van der Waals surface area contributed by atoms with Crippen molar-refractivity contribution in [3.8, 4) is 0 Å². The Morgan fingerprint density at radius 2 is 1.80 bits per heavy atom.